The van der Waals surface area contributed by atoms with E-state index in [1.165, 1.54) is 6.42 Å². The van der Waals surface area contributed by atoms with Crippen molar-refractivity contribution in [2.24, 2.45) is 5.73 Å². The minimum Gasteiger partial charge on any atom is -0.478 e. The van der Waals surface area contributed by atoms with Gasteiger partial charge >= 0.3 is 5.97 Å². The van der Waals surface area contributed by atoms with E-state index in [1.807, 2.05) is 13.8 Å². The van der Waals surface area contributed by atoms with E-state index in [2.05, 4.69) is 6.07 Å². The molecule has 1 aromatic carbocycles. The Morgan fingerprint density at radius 3 is 2.39 bits per heavy atom. The van der Waals surface area contributed by atoms with E-state index in [-0.39, 0.29) is 5.54 Å². The first kappa shape index (κ1) is 13.1. The molecule has 98 valence electrons. The summed E-state index contributed by atoms with van der Waals surface area (Å²) in [6.07, 6.45) is 5.40. The van der Waals surface area contributed by atoms with Gasteiger partial charge in [0.05, 0.1) is 5.56 Å². The molecule has 1 aromatic rings. The summed E-state index contributed by atoms with van der Waals surface area (Å²) >= 11 is 0. The van der Waals surface area contributed by atoms with Crippen LogP contribution in [0.4, 0.5) is 0 Å². The first-order valence-electron chi connectivity index (χ1n) is 6.58. The Labute approximate surface area is 108 Å². The van der Waals surface area contributed by atoms with Gasteiger partial charge in [0.15, 0.2) is 0 Å². The zero-order valence-electron chi connectivity index (χ0n) is 11.1. The van der Waals surface area contributed by atoms with Gasteiger partial charge in [-0.25, -0.2) is 4.79 Å². The van der Waals surface area contributed by atoms with Gasteiger partial charge in [-0.05, 0) is 49.4 Å². The second-order valence-electron chi connectivity index (χ2n) is 5.49. The first-order valence-corrected chi connectivity index (χ1v) is 6.58. The van der Waals surface area contributed by atoms with Crippen molar-refractivity contribution in [3.8, 4) is 0 Å². The normalized spacial score (nSPS) is 18.6. The van der Waals surface area contributed by atoms with Gasteiger partial charge in [0.2, 0.25) is 0 Å². The molecule has 0 unspecified atom stereocenters. The Kier molecular flexibility index (Phi) is 3.44. The molecule has 0 heterocycles. The van der Waals surface area contributed by atoms with Crippen molar-refractivity contribution in [2.45, 2.75) is 51.5 Å². The quantitative estimate of drug-likeness (QED) is 0.844. The topological polar surface area (TPSA) is 63.3 Å². The third-order valence-electron chi connectivity index (χ3n) is 4.22. The van der Waals surface area contributed by atoms with E-state index in [0.29, 0.717) is 5.56 Å². The predicted octanol–water partition coefficient (Wildman–Crippen LogP) is 3.12. The highest BCUT2D eigenvalue weighted by Gasteiger charge is 2.30. The molecule has 0 amide bonds. The van der Waals surface area contributed by atoms with Gasteiger partial charge in [0.25, 0.3) is 0 Å². The fourth-order valence-corrected chi connectivity index (χ4v) is 2.84. The van der Waals surface area contributed by atoms with E-state index < -0.39 is 5.97 Å². The van der Waals surface area contributed by atoms with Crippen LogP contribution in [0.15, 0.2) is 12.1 Å². The smallest absolute Gasteiger partial charge is 0.335 e. The summed E-state index contributed by atoms with van der Waals surface area (Å²) in [5.74, 6) is -0.864. The van der Waals surface area contributed by atoms with Crippen LogP contribution in [0.5, 0.6) is 0 Å². The number of carboxylic acid groups (broad SMARTS) is 1. The molecular formula is C15H21NO2. The zero-order chi connectivity index (χ0) is 13.3. The minimum atomic E-state index is -0.864. The number of hydrogen-bond donors (Lipinski definition) is 2. The summed E-state index contributed by atoms with van der Waals surface area (Å²) in [7, 11) is 0. The van der Waals surface area contributed by atoms with Crippen LogP contribution in [-0.4, -0.2) is 11.1 Å². The summed E-state index contributed by atoms with van der Waals surface area (Å²) in [6.45, 7) is 3.81. The number of aryl methyl sites for hydroxylation is 1. The van der Waals surface area contributed by atoms with E-state index in [4.69, 9.17) is 5.73 Å². The van der Waals surface area contributed by atoms with Crippen molar-refractivity contribution < 1.29 is 9.90 Å². The molecule has 0 aliphatic heterocycles. The van der Waals surface area contributed by atoms with Crippen LogP contribution < -0.4 is 5.73 Å². The van der Waals surface area contributed by atoms with Gasteiger partial charge in [-0.1, -0.05) is 25.3 Å². The molecule has 0 atom stereocenters. The van der Waals surface area contributed by atoms with Gasteiger partial charge in [-0.2, -0.15) is 0 Å². The highest BCUT2D eigenvalue weighted by molar-refractivity contribution is 5.90. The maximum Gasteiger partial charge on any atom is 0.335 e. The fourth-order valence-electron chi connectivity index (χ4n) is 2.84. The highest BCUT2D eigenvalue weighted by atomic mass is 16.4. The molecule has 0 spiro atoms. The number of carbonyl (C=O) groups is 1. The second-order valence-corrected chi connectivity index (χ2v) is 5.49. The van der Waals surface area contributed by atoms with Crippen LogP contribution in [0.2, 0.25) is 0 Å². The highest BCUT2D eigenvalue weighted by Crippen LogP contribution is 2.36. The third kappa shape index (κ3) is 2.27. The molecule has 0 radical (unpaired) electrons. The number of benzene rings is 1. The lowest BCUT2D eigenvalue weighted by molar-refractivity contribution is 0.0695. The van der Waals surface area contributed by atoms with E-state index in [0.717, 1.165) is 42.4 Å². The van der Waals surface area contributed by atoms with E-state index >= 15 is 0 Å². The fraction of sp³-hybridized carbons (Fsp3) is 0.533. The van der Waals surface area contributed by atoms with Gasteiger partial charge in [0.1, 0.15) is 0 Å². The number of nitrogens with two attached hydrogens (primary N) is 1. The maximum absolute atomic E-state index is 11.3. The van der Waals surface area contributed by atoms with Crippen molar-refractivity contribution in [3.05, 3.63) is 34.4 Å². The molecule has 1 aliphatic rings. The average molecular weight is 247 g/mol. The molecule has 1 aliphatic carbocycles. The molecule has 2 rings (SSSR count). The average Bonchev–Trinajstić information content (AvgIpc) is 2.33. The third-order valence-corrected chi connectivity index (χ3v) is 4.22. The lowest BCUT2D eigenvalue weighted by Crippen LogP contribution is -2.38. The molecular weight excluding hydrogens is 226 g/mol. The van der Waals surface area contributed by atoms with Crippen LogP contribution in [0, 0.1) is 13.8 Å². The standard InChI is InChI=1S/C15H21NO2/c1-10-8-12(9-13(11(10)2)14(17)18)15(16)6-4-3-5-7-15/h8-9H,3-7,16H2,1-2H3,(H,17,18). The SMILES string of the molecule is Cc1cc(C2(N)CCCCC2)cc(C(=O)O)c1C. The van der Waals surface area contributed by atoms with Gasteiger partial charge in [-0.15, -0.1) is 0 Å². The molecule has 18 heavy (non-hydrogen) atoms. The van der Waals surface area contributed by atoms with Crippen molar-refractivity contribution >= 4 is 5.97 Å². The van der Waals surface area contributed by atoms with E-state index in [9.17, 15) is 9.90 Å². The molecule has 1 saturated carbocycles. The molecule has 3 N–H and O–H groups in total. The molecule has 0 aromatic heterocycles. The van der Waals surface area contributed by atoms with Gasteiger partial charge in [-0.3, -0.25) is 0 Å². The Balaban J connectivity index is 2.48. The number of aromatic carboxylic acids is 1. The van der Waals surface area contributed by atoms with Gasteiger partial charge < -0.3 is 10.8 Å². The van der Waals surface area contributed by atoms with Gasteiger partial charge in [0, 0.05) is 5.54 Å². The van der Waals surface area contributed by atoms with Crippen LogP contribution in [0.25, 0.3) is 0 Å². The maximum atomic E-state index is 11.3. The van der Waals surface area contributed by atoms with Crippen molar-refractivity contribution in [1.29, 1.82) is 0 Å². The Morgan fingerprint density at radius 2 is 1.83 bits per heavy atom. The van der Waals surface area contributed by atoms with Crippen LogP contribution in [-0.2, 0) is 5.54 Å². The first-order chi connectivity index (χ1) is 8.44. The van der Waals surface area contributed by atoms with Crippen LogP contribution in [0.3, 0.4) is 0 Å². The Hall–Kier alpha value is -1.35. The van der Waals surface area contributed by atoms with Crippen molar-refractivity contribution in [2.75, 3.05) is 0 Å². The monoisotopic (exact) mass is 247 g/mol. The number of carboxylic acids is 1. The number of rotatable bonds is 2. The van der Waals surface area contributed by atoms with Crippen LogP contribution in [0.1, 0.15) is 59.2 Å². The summed E-state index contributed by atoms with van der Waals surface area (Å²) < 4.78 is 0. The Bertz CT molecular complexity index is 474. The second kappa shape index (κ2) is 4.73. The molecule has 1 fully saturated rings. The molecule has 0 saturated heterocycles. The Morgan fingerprint density at radius 1 is 1.22 bits per heavy atom. The lowest BCUT2D eigenvalue weighted by atomic mass is 9.76. The number of hydrogen-bond acceptors (Lipinski definition) is 2. The summed E-state index contributed by atoms with van der Waals surface area (Å²) in [6, 6.07) is 3.84. The summed E-state index contributed by atoms with van der Waals surface area (Å²) in [4.78, 5) is 11.3. The lowest BCUT2D eigenvalue weighted by Gasteiger charge is -2.34. The summed E-state index contributed by atoms with van der Waals surface area (Å²) in [5.41, 5.74) is 9.37. The van der Waals surface area contributed by atoms with Crippen molar-refractivity contribution in [3.63, 3.8) is 0 Å². The molecule has 3 nitrogen and oxygen atoms in total. The van der Waals surface area contributed by atoms with E-state index in [1.54, 1.807) is 6.07 Å². The largest absolute Gasteiger partial charge is 0.478 e. The molecule has 3 heteroatoms. The summed E-state index contributed by atoms with van der Waals surface area (Å²) in [5, 5.41) is 9.26. The molecule has 0 bridgehead atoms. The zero-order valence-corrected chi connectivity index (χ0v) is 11.1. The van der Waals surface area contributed by atoms with Crippen LogP contribution >= 0.6 is 0 Å². The van der Waals surface area contributed by atoms with Crippen molar-refractivity contribution in [1.82, 2.24) is 0 Å². The predicted molar refractivity (Wildman–Crippen MR) is 71.8 cm³/mol. The minimum absolute atomic E-state index is 0.332.